The van der Waals surface area contributed by atoms with E-state index in [1.807, 2.05) is 12.1 Å². The number of carbonyl (C=O) groups is 1. The summed E-state index contributed by atoms with van der Waals surface area (Å²) in [5.74, 6) is 0.0916. The summed E-state index contributed by atoms with van der Waals surface area (Å²) in [7, 11) is 1.43. The molecule has 0 aliphatic heterocycles. The minimum absolute atomic E-state index is 0.181. The zero-order valence-corrected chi connectivity index (χ0v) is 11.3. The van der Waals surface area contributed by atoms with Gasteiger partial charge in [0.1, 0.15) is 6.04 Å². The SMILES string of the molecule is CC[C@@H](C)[C@@H](NCCc1ccncc1)C(=O)OC. The summed E-state index contributed by atoms with van der Waals surface area (Å²) in [6.07, 6.45) is 5.39. The number of pyridine rings is 1. The fraction of sp³-hybridized carbons (Fsp3) is 0.571. The molecular formula is C14H22N2O2. The monoisotopic (exact) mass is 250 g/mol. The van der Waals surface area contributed by atoms with Crippen LogP contribution in [0.1, 0.15) is 25.8 Å². The lowest BCUT2D eigenvalue weighted by molar-refractivity contribution is -0.144. The molecule has 0 bridgehead atoms. The van der Waals surface area contributed by atoms with Crippen LogP contribution in [0.25, 0.3) is 0 Å². The minimum Gasteiger partial charge on any atom is -0.468 e. The van der Waals surface area contributed by atoms with Gasteiger partial charge in [0.05, 0.1) is 7.11 Å². The summed E-state index contributed by atoms with van der Waals surface area (Å²) in [6, 6.07) is 3.75. The van der Waals surface area contributed by atoms with Gasteiger partial charge >= 0.3 is 5.97 Å². The van der Waals surface area contributed by atoms with E-state index in [0.29, 0.717) is 0 Å². The van der Waals surface area contributed by atoms with E-state index in [9.17, 15) is 4.79 Å². The van der Waals surface area contributed by atoms with Crippen LogP contribution in [0.15, 0.2) is 24.5 Å². The Morgan fingerprint density at radius 3 is 2.67 bits per heavy atom. The van der Waals surface area contributed by atoms with E-state index >= 15 is 0 Å². The van der Waals surface area contributed by atoms with Crippen LogP contribution in [0.3, 0.4) is 0 Å². The molecule has 0 radical (unpaired) electrons. The van der Waals surface area contributed by atoms with Gasteiger partial charge in [0.25, 0.3) is 0 Å². The molecule has 18 heavy (non-hydrogen) atoms. The van der Waals surface area contributed by atoms with E-state index in [2.05, 4.69) is 24.1 Å². The van der Waals surface area contributed by atoms with Crippen molar-refractivity contribution >= 4 is 5.97 Å². The summed E-state index contributed by atoms with van der Waals surface area (Å²) >= 11 is 0. The molecule has 1 N–H and O–H groups in total. The van der Waals surface area contributed by atoms with Crippen LogP contribution in [-0.2, 0) is 16.0 Å². The van der Waals surface area contributed by atoms with Crippen LogP contribution in [0.5, 0.6) is 0 Å². The number of nitrogens with zero attached hydrogens (tertiary/aromatic N) is 1. The molecule has 100 valence electrons. The molecule has 0 amide bonds. The van der Waals surface area contributed by atoms with Crippen LogP contribution in [-0.4, -0.2) is 30.6 Å². The smallest absolute Gasteiger partial charge is 0.323 e. The van der Waals surface area contributed by atoms with Crippen molar-refractivity contribution in [2.75, 3.05) is 13.7 Å². The summed E-state index contributed by atoms with van der Waals surface area (Å²) in [6.45, 7) is 4.89. The molecule has 0 fully saturated rings. The highest BCUT2D eigenvalue weighted by molar-refractivity contribution is 5.75. The molecule has 0 unspecified atom stereocenters. The van der Waals surface area contributed by atoms with Gasteiger partial charge in [0, 0.05) is 12.4 Å². The Labute approximate surface area is 109 Å². The van der Waals surface area contributed by atoms with E-state index in [1.165, 1.54) is 12.7 Å². The summed E-state index contributed by atoms with van der Waals surface area (Å²) < 4.78 is 4.83. The zero-order valence-electron chi connectivity index (χ0n) is 11.3. The molecule has 1 aromatic rings. The minimum atomic E-state index is -0.221. The van der Waals surface area contributed by atoms with Gasteiger partial charge in [-0.2, -0.15) is 0 Å². The summed E-state index contributed by atoms with van der Waals surface area (Å²) in [4.78, 5) is 15.6. The first-order valence-corrected chi connectivity index (χ1v) is 6.39. The molecule has 1 rings (SSSR count). The lowest BCUT2D eigenvalue weighted by atomic mass is 9.99. The Kier molecular flexibility index (Phi) is 6.36. The molecular weight excluding hydrogens is 228 g/mol. The van der Waals surface area contributed by atoms with E-state index in [1.54, 1.807) is 12.4 Å². The topological polar surface area (TPSA) is 51.2 Å². The number of hydrogen-bond donors (Lipinski definition) is 1. The van der Waals surface area contributed by atoms with Gasteiger partial charge in [-0.15, -0.1) is 0 Å². The summed E-state index contributed by atoms with van der Waals surface area (Å²) in [5, 5.41) is 3.27. The second-order valence-electron chi connectivity index (χ2n) is 4.45. The molecule has 0 saturated carbocycles. The zero-order chi connectivity index (χ0) is 13.4. The lowest BCUT2D eigenvalue weighted by Gasteiger charge is -2.21. The molecule has 0 aliphatic carbocycles. The van der Waals surface area contributed by atoms with Crippen molar-refractivity contribution in [1.29, 1.82) is 0 Å². The Bertz CT molecular complexity index is 354. The number of hydrogen-bond acceptors (Lipinski definition) is 4. The highest BCUT2D eigenvalue weighted by atomic mass is 16.5. The fourth-order valence-corrected chi connectivity index (χ4v) is 1.80. The lowest BCUT2D eigenvalue weighted by Crippen LogP contribution is -2.43. The molecule has 0 spiro atoms. The Morgan fingerprint density at radius 2 is 2.11 bits per heavy atom. The first-order chi connectivity index (χ1) is 8.69. The number of aromatic nitrogens is 1. The number of carbonyl (C=O) groups excluding carboxylic acids is 1. The largest absolute Gasteiger partial charge is 0.468 e. The molecule has 0 saturated heterocycles. The molecule has 0 aliphatic rings. The van der Waals surface area contributed by atoms with Crippen molar-refractivity contribution < 1.29 is 9.53 Å². The normalized spacial score (nSPS) is 13.9. The predicted molar refractivity (Wildman–Crippen MR) is 71.2 cm³/mol. The Balaban J connectivity index is 2.45. The van der Waals surface area contributed by atoms with Gasteiger partial charge in [-0.3, -0.25) is 9.78 Å². The predicted octanol–water partition coefficient (Wildman–Crippen LogP) is 1.80. The van der Waals surface area contributed by atoms with E-state index in [4.69, 9.17) is 4.74 Å². The van der Waals surface area contributed by atoms with Crippen LogP contribution in [0, 0.1) is 5.92 Å². The number of ether oxygens (including phenoxy) is 1. The van der Waals surface area contributed by atoms with Gasteiger partial charge in [-0.1, -0.05) is 20.3 Å². The number of esters is 1. The standard InChI is InChI=1S/C14H22N2O2/c1-4-11(2)13(14(17)18-3)16-10-7-12-5-8-15-9-6-12/h5-6,8-9,11,13,16H,4,7,10H2,1-3H3/t11-,13-/m1/s1. The highest BCUT2D eigenvalue weighted by Crippen LogP contribution is 2.09. The fourth-order valence-electron chi connectivity index (χ4n) is 1.80. The van der Waals surface area contributed by atoms with E-state index < -0.39 is 0 Å². The number of nitrogens with one attached hydrogen (secondary N) is 1. The Hall–Kier alpha value is -1.42. The number of methoxy groups -OCH3 is 1. The molecule has 1 aromatic heterocycles. The van der Waals surface area contributed by atoms with Gasteiger partial charge in [-0.05, 0) is 36.6 Å². The third-order valence-corrected chi connectivity index (χ3v) is 3.20. The third-order valence-electron chi connectivity index (χ3n) is 3.20. The third kappa shape index (κ3) is 4.45. The van der Waals surface area contributed by atoms with Crippen molar-refractivity contribution in [3.63, 3.8) is 0 Å². The second-order valence-corrected chi connectivity index (χ2v) is 4.45. The van der Waals surface area contributed by atoms with E-state index in [-0.39, 0.29) is 17.9 Å². The first-order valence-electron chi connectivity index (χ1n) is 6.39. The second kappa shape index (κ2) is 7.82. The average molecular weight is 250 g/mol. The van der Waals surface area contributed by atoms with Crippen molar-refractivity contribution in [2.45, 2.75) is 32.7 Å². The van der Waals surface area contributed by atoms with Crippen molar-refractivity contribution in [2.24, 2.45) is 5.92 Å². The molecule has 4 nitrogen and oxygen atoms in total. The Morgan fingerprint density at radius 1 is 1.44 bits per heavy atom. The highest BCUT2D eigenvalue weighted by Gasteiger charge is 2.23. The molecule has 4 heteroatoms. The van der Waals surface area contributed by atoms with E-state index in [0.717, 1.165) is 19.4 Å². The maximum Gasteiger partial charge on any atom is 0.323 e. The van der Waals surface area contributed by atoms with Crippen molar-refractivity contribution in [3.8, 4) is 0 Å². The van der Waals surface area contributed by atoms with Crippen molar-refractivity contribution in [3.05, 3.63) is 30.1 Å². The molecule has 2 atom stereocenters. The van der Waals surface area contributed by atoms with Crippen LogP contribution in [0.2, 0.25) is 0 Å². The maximum atomic E-state index is 11.7. The van der Waals surface area contributed by atoms with Crippen LogP contribution >= 0.6 is 0 Å². The van der Waals surface area contributed by atoms with Gasteiger partial charge in [-0.25, -0.2) is 0 Å². The van der Waals surface area contributed by atoms with Gasteiger partial charge in [0.2, 0.25) is 0 Å². The van der Waals surface area contributed by atoms with Crippen molar-refractivity contribution in [1.82, 2.24) is 10.3 Å². The molecule has 1 heterocycles. The van der Waals surface area contributed by atoms with Gasteiger partial charge in [0.15, 0.2) is 0 Å². The average Bonchev–Trinajstić information content (AvgIpc) is 2.43. The molecule has 0 aromatic carbocycles. The van der Waals surface area contributed by atoms with Gasteiger partial charge < -0.3 is 10.1 Å². The van der Waals surface area contributed by atoms with Crippen LogP contribution in [0.4, 0.5) is 0 Å². The quantitative estimate of drug-likeness (QED) is 0.750. The summed E-state index contributed by atoms with van der Waals surface area (Å²) in [5.41, 5.74) is 1.21. The van der Waals surface area contributed by atoms with Crippen LogP contribution < -0.4 is 5.32 Å². The first kappa shape index (κ1) is 14.6. The maximum absolute atomic E-state index is 11.7. The number of rotatable bonds is 7.